The fraction of sp³-hybridized carbons (Fsp3) is 0.280. The van der Waals surface area contributed by atoms with E-state index < -0.39 is 0 Å². The van der Waals surface area contributed by atoms with Crippen LogP contribution >= 0.6 is 0 Å². The van der Waals surface area contributed by atoms with Crippen LogP contribution in [0.1, 0.15) is 35.4 Å². The molecule has 3 heteroatoms. The molecule has 0 saturated carbocycles. The van der Waals surface area contributed by atoms with E-state index in [0.717, 1.165) is 35.7 Å². The molecule has 0 radical (unpaired) electrons. The van der Waals surface area contributed by atoms with Crippen LogP contribution in [-0.4, -0.2) is 13.1 Å². The first-order valence-corrected chi connectivity index (χ1v) is 10.1. The van der Waals surface area contributed by atoms with Crippen LogP contribution in [0.2, 0.25) is 0 Å². The lowest BCUT2D eigenvalue weighted by molar-refractivity contribution is 0.251. The summed E-state index contributed by atoms with van der Waals surface area (Å²) < 4.78 is 12.5. The summed E-state index contributed by atoms with van der Waals surface area (Å²) in [6.45, 7) is 3.17. The van der Waals surface area contributed by atoms with Gasteiger partial charge in [0.2, 0.25) is 0 Å². The Kier molecular flexibility index (Phi) is 6.25. The van der Waals surface area contributed by atoms with Crippen LogP contribution in [-0.2, 0) is 13.2 Å². The van der Waals surface area contributed by atoms with Crippen molar-refractivity contribution in [2.75, 3.05) is 13.1 Å². The van der Waals surface area contributed by atoms with E-state index in [0.29, 0.717) is 19.1 Å². The maximum absolute atomic E-state index is 6.34. The molecule has 1 aliphatic heterocycles. The van der Waals surface area contributed by atoms with Crippen molar-refractivity contribution >= 4 is 0 Å². The standard InChI is InChI=1S/C25H27NO2/c1-3-9-20(10-4-1)18-27-24-15-7-14-23(22-13-8-16-26-17-22)25(24)28-19-21-11-5-2-6-12-21/h1-7,9-12,14-15,22,26H,8,13,16-19H2. The van der Waals surface area contributed by atoms with E-state index in [1.807, 2.05) is 42.5 Å². The molecular formula is C25H27NO2. The Morgan fingerprint density at radius 2 is 1.43 bits per heavy atom. The number of nitrogens with one attached hydrogen (secondary N) is 1. The maximum Gasteiger partial charge on any atom is 0.165 e. The van der Waals surface area contributed by atoms with Gasteiger partial charge in [-0.15, -0.1) is 0 Å². The van der Waals surface area contributed by atoms with Gasteiger partial charge in [-0.05, 0) is 36.6 Å². The molecule has 144 valence electrons. The van der Waals surface area contributed by atoms with Crippen LogP contribution in [0.5, 0.6) is 11.5 Å². The van der Waals surface area contributed by atoms with Gasteiger partial charge in [0.15, 0.2) is 11.5 Å². The molecule has 28 heavy (non-hydrogen) atoms. The molecule has 0 spiro atoms. The molecule has 1 saturated heterocycles. The van der Waals surface area contributed by atoms with E-state index in [9.17, 15) is 0 Å². The molecule has 1 atom stereocenters. The number of rotatable bonds is 7. The molecule has 0 amide bonds. The Morgan fingerprint density at radius 3 is 2.07 bits per heavy atom. The van der Waals surface area contributed by atoms with Gasteiger partial charge in [-0.3, -0.25) is 0 Å². The van der Waals surface area contributed by atoms with Crippen molar-refractivity contribution in [3.05, 3.63) is 95.6 Å². The second-order valence-electron chi connectivity index (χ2n) is 7.27. The minimum atomic E-state index is 0.458. The average Bonchev–Trinajstić information content (AvgIpc) is 2.78. The van der Waals surface area contributed by atoms with E-state index in [4.69, 9.17) is 9.47 Å². The molecule has 0 aromatic heterocycles. The third kappa shape index (κ3) is 4.73. The zero-order valence-corrected chi connectivity index (χ0v) is 16.1. The van der Waals surface area contributed by atoms with E-state index in [1.54, 1.807) is 0 Å². The van der Waals surface area contributed by atoms with Gasteiger partial charge in [0.25, 0.3) is 0 Å². The Balaban J connectivity index is 1.58. The minimum absolute atomic E-state index is 0.458. The predicted molar refractivity (Wildman–Crippen MR) is 113 cm³/mol. The lowest BCUT2D eigenvalue weighted by atomic mass is 9.91. The SMILES string of the molecule is c1ccc(COc2cccc(C3CCCNC3)c2OCc2ccccc2)cc1. The number of piperidine rings is 1. The van der Waals surface area contributed by atoms with Crippen molar-refractivity contribution in [3.63, 3.8) is 0 Å². The summed E-state index contributed by atoms with van der Waals surface area (Å²) in [4.78, 5) is 0. The first kappa shape index (κ1) is 18.6. The fourth-order valence-electron chi connectivity index (χ4n) is 3.70. The van der Waals surface area contributed by atoms with Crippen molar-refractivity contribution in [1.82, 2.24) is 5.32 Å². The maximum atomic E-state index is 6.34. The zero-order valence-electron chi connectivity index (χ0n) is 16.1. The summed E-state index contributed by atoms with van der Waals surface area (Å²) in [7, 11) is 0. The molecule has 1 unspecified atom stereocenters. The highest BCUT2D eigenvalue weighted by molar-refractivity contribution is 5.49. The van der Waals surface area contributed by atoms with Gasteiger partial charge in [0.1, 0.15) is 13.2 Å². The molecule has 0 bridgehead atoms. The second kappa shape index (κ2) is 9.43. The highest BCUT2D eigenvalue weighted by atomic mass is 16.5. The summed E-state index contributed by atoms with van der Waals surface area (Å²) >= 11 is 0. The molecule has 1 fully saturated rings. The van der Waals surface area contributed by atoms with Gasteiger partial charge in [0.05, 0.1) is 0 Å². The largest absolute Gasteiger partial charge is 0.485 e. The molecule has 1 heterocycles. The quantitative estimate of drug-likeness (QED) is 0.609. The Morgan fingerprint density at radius 1 is 0.750 bits per heavy atom. The van der Waals surface area contributed by atoms with Crippen molar-refractivity contribution in [2.45, 2.75) is 32.0 Å². The van der Waals surface area contributed by atoms with Crippen LogP contribution < -0.4 is 14.8 Å². The predicted octanol–water partition coefficient (Wildman–Crippen LogP) is 5.31. The lowest BCUT2D eigenvalue weighted by Crippen LogP contribution is -2.28. The number of hydrogen-bond acceptors (Lipinski definition) is 3. The van der Waals surface area contributed by atoms with Gasteiger partial charge in [-0.2, -0.15) is 0 Å². The van der Waals surface area contributed by atoms with E-state index in [2.05, 4.69) is 41.7 Å². The van der Waals surface area contributed by atoms with Gasteiger partial charge >= 0.3 is 0 Å². The van der Waals surface area contributed by atoms with E-state index in [1.165, 1.54) is 18.4 Å². The molecule has 0 aliphatic carbocycles. The Bertz CT molecular complexity index is 858. The first-order valence-electron chi connectivity index (χ1n) is 10.1. The monoisotopic (exact) mass is 373 g/mol. The summed E-state index contributed by atoms with van der Waals surface area (Å²) in [5.41, 5.74) is 3.56. The minimum Gasteiger partial charge on any atom is -0.485 e. The molecular weight excluding hydrogens is 346 g/mol. The summed E-state index contributed by atoms with van der Waals surface area (Å²) in [6, 6.07) is 26.9. The van der Waals surface area contributed by atoms with Crippen LogP contribution in [0.25, 0.3) is 0 Å². The van der Waals surface area contributed by atoms with Gasteiger partial charge in [-0.25, -0.2) is 0 Å². The van der Waals surface area contributed by atoms with Crippen LogP contribution in [0, 0.1) is 0 Å². The van der Waals surface area contributed by atoms with Crippen molar-refractivity contribution in [3.8, 4) is 11.5 Å². The van der Waals surface area contributed by atoms with Crippen LogP contribution in [0.4, 0.5) is 0 Å². The number of ether oxygens (including phenoxy) is 2. The zero-order chi connectivity index (χ0) is 19.0. The third-order valence-corrected chi connectivity index (χ3v) is 5.21. The van der Waals surface area contributed by atoms with Crippen molar-refractivity contribution < 1.29 is 9.47 Å². The first-order chi connectivity index (χ1) is 13.9. The Hall–Kier alpha value is -2.78. The van der Waals surface area contributed by atoms with E-state index in [-0.39, 0.29) is 0 Å². The van der Waals surface area contributed by atoms with Crippen LogP contribution in [0.3, 0.4) is 0 Å². The summed E-state index contributed by atoms with van der Waals surface area (Å²) in [6.07, 6.45) is 2.37. The van der Waals surface area contributed by atoms with E-state index >= 15 is 0 Å². The highest BCUT2D eigenvalue weighted by Crippen LogP contribution is 2.39. The average molecular weight is 373 g/mol. The third-order valence-electron chi connectivity index (χ3n) is 5.21. The molecule has 4 rings (SSSR count). The number of benzene rings is 3. The molecule has 3 aromatic rings. The molecule has 1 aliphatic rings. The second-order valence-corrected chi connectivity index (χ2v) is 7.27. The number of hydrogen-bond donors (Lipinski definition) is 1. The Labute approximate surface area is 167 Å². The number of para-hydroxylation sites is 1. The van der Waals surface area contributed by atoms with Gasteiger partial charge in [-0.1, -0.05) is 72.8 Å². The topological polar surface area (TPSA) is 30.5 Å². The van der Waals surface area contributed by atoms with Crippen molar-refractivity contribution in [2.24, 2.45) is 0 Å². The smallest absolute Gasteiger partial charge is 0.165 e. The molecule has 3 aromatic carbocycles. The highest BCUT2D eigenvalue weighted by Gasteiger charge is 2.22. The van der Waals surface area contributed by atoms with Crippen LogP contribution in [0.15, 0.2) is 78.9 Å². The fourth-order valence-corrected chi connectivity index (χ4v) is 3.70. The summed E-state index contributed by atoms with van der Waals surface area (Å²) in [5.74, 6) is 2.17. The van der Waals surface area contributed by atoms with Crippen molar-refractivity contribution in [1.29, 1.82) is 0 Å². The normalized spacial score (nSPS) is 16.5. The molecule has 1 N–H and O–H groups in total. The molecule has 3 nitrogen and oxygen atoms in total. The summed E-state index contributed by atoms with van der Waals surface area (Å²) in [5, 5.41) is 3.52. The lowest BCUT2D eigenvalue weighted by Gasteiger charge is -2.26. The van der Waals surface area contributed by atoms with Gasteiger partial charge < -0.3 is 14.8 Å². The van der Waals surface area contributed by atoms with Gasteiger partial charge in [0, 0.05) is 18.0 Å².